The molecule has 3 N–H and O–H groups in total. The maximum Gasteiger partial charge on any atom is 0.238 e. The van der Waals surface area contributed by atoms with Crippen LogP contribution in [0.25, 0.3) is 10.9 Å². The number of sulfonamides is 1. The van der Waals surface area contributed by atoms with Gasteiger partial charge in [-0.05, 0) is 23.8 Å². The number of nitrogens with zero attached hydrogens (tertiary/aromatic N) is 3. The summed E-state index contributed by atoms with van der Waals surface area (Å²) in [7, 11) is -0.697. The van der Waals surface area contributed by atoms with Gasteiger partial charge in [0.15, 0.2) is 0 Å². The van der Waals surface area contributed by atoms with Gasteiger partial charge in [0.2, 0.25) is 10.0 Å². The second-order valence-corrected chi connectivity index (χ2v) is 8.80. The van der Waals surface area contributed by atoms with E-state index in [4.69, 9.17) is 19.3 Å². The molecule has 0 bridgehead atoms. The zero-order valence-corrected chi connectivity index (χ0v) is 18.7. The third-order valence-corrected chi connectivity index (χ3v) is 6.22. The van der Waals surface area contributed by atoms with Crippen molar-refractivity contribution in [3.8, 4) is 11.5 Å². The summed E-state index contributed by atoms with van der Waals surface area (Å²) >= 11 is 0. The summed E-state index contributed by atoms with van der Waals surface area (Å²) in [6.45, 7) is 2.97. The van der Waals surface area contributed by atoms with Crippen LogP contribution in [0, 0.1) is 0 Å². The van der Waals surface area contributed by atoms with E-state index in [2.05, 4.69) is 20.2 Å². The van der Waals surface area contributed by atoms with Gasteiger partial charge >= 0.3 is 0 Å². The number of aromatic nitrogens is 2. The number of hydrogen-bond donors (Lipinski definition) is 2. The number of rotatable bonds is 7. The van der Waals surface area contributed by atoms with Crippen LogP contribution in [0.1, 0.15) is 5.56 Å². The van der Waals surface area contributed by atoms with E-state index in [-0.39, 0.29) is 4.90 Å². The van der Waals surface area contributed by atoms with Crippen LogP contribution >= 0.6 is 0 Å². The van der Waals surface area contributed by atoms with E-state index < -0.39 is 10.0 Å². The molecule has 1 saturated heterocycles. The van der Waals surface area contributed by atoms with Crippen LogP contribution in [0.5, 0.6) is 11.5 Å². The first-order valence-corrected chi connectivity index (χ1v) is 11.5. The first-order chi connectivity index (χ1) is 15.4. The Bertz CT molecular complexity index is 1230. The molecule has 0 atom stereocenters. The van der Waals surface area contributed by atoms with Crippen LogP contribution in [0.4, 0.5) is 11.5 Å². The van der Waals surface area contributed by atoms with Crippen LogP contribution in [-0.2, 0) is 21.3 Å². The van der Waals surface area contributed by atoms with Gasteiger partial charge < -0.3 is 24.4 Å². The largest absolute Gasteiger partial charge is 0.497 e. The Hall–Kier alpha value is -3.15. The van der Waals surface area contributed by atoms with E-state index in [1.807, 2.05) is 0 Å². The van der Waals surface area contributed by atoms with Gasteiger partial charge in [-0.15, -0.1) is 0 Å². The number of benzene rings is 2. The molecule has 11 heteroatoms. The molecule has 3 aromatic rings. The number of anilines is 2. The minimum Gasteiger partial charge on any atom is -0.497 e. The SMILES string of the molecule is COc1cc(OC)c2c(NCc3cc(S(N)(=O)=O)ccc3N3CCOCC3)ncnc2c1. The number of nitrogens with one attached hydrogen (secondary N) is 1. The zero-order chi connectivity index (χ0) is 22.7. The quantitative estimate of drug-likeness (QED) is 0.543. The Morgan fingerprint density at radius 1 is 1.12 bits per heavy atom. The second kappa shape index (κ2) is 9.15. The third-order valence-electron chi connectivity index (χ3n) is 5.31. The summed E-state index contributed by atoms with van der Waals surface area (Å²) in [6, 6.07) is 8.46. The highest BCUT2D eigenvalue weighted by Crippen LogP contribution is 2.34. The molecular weight excluding hydrogens is 434 g/mol. The van der Waals surface area contributed by atoms with Gasteiger partial charge in [-0.2, -0.15) is 0 Å². The molecule has 0 amide bonds. The van der Waals surface area contributed by atoms with E-state index in [1.54, 1.807) is 38.5 Å². The van der Waals surface area contributed by atoms with Gasteiger partial charge in [0.05, 0.1) is 43.2 Å². The molecule has 0 aliphatic carbocycles. The molecule has 2 aromatic carbocycles. The zero-order valence-electron chi connectivity index (χ0n) is 17.9. The third kappa shape index (κ3) is 4.54. The van der Waals surface area contributed by atoms with Crippen LogP contribution in [0.2, 0.25) is 0 Å². The van der Waals surface area contributed by atoms with Gasteiger partial charge in [-0.25, -0.2) is 23.5 Å². The average molecular weight is 460 g/mol. The van der Waals surface area contributed by atoms with Crippen molar-refractivity contribution in [2.24, 2.45) is 5.14 Å². The number of nitrogens with two attached hydrogens (primary N) is 1. The predicted molar refractivity (Wildman–Crippen MR) is 121 cm³/mol. The highest BCUT2D eigenvalue weighted by Gasteiger charge is 2.19. The van der Waals surface area contributed by atoms with Crippen molar-refractivity contribution in [1.29, 1.82) is 0 Å². The molecule has 2 heterocycles. The fourth-order valence-corrected chi connectivity index (χ4v) is 4.28. The molecule has 1 aliphatic rings. The van der Waals surface area contributed by atoms with Crippen LogP contribution in [0.3, 0.4) is 0 Å². The van der Waals surface area contributed by atoms with E-state index in [0.717, 1.165) is 11.3 Å². The highest BCUT2D eigenvalue weighted by molar-refractivity contribution is 7.89. The maximum atomic E-state index is 11.9. The lowest BCUT2D eigenvalue weighted by Gasteiger charge is -2.31. The van der Waals surface area contributed by atoms with Crippen molar-refractivity contribution in [3.05, 3.63) is 42.2 Å². The minimum absolute atomic E-state index is 0.0566. The van der Waals surface area contributed by atoms with Crippen molar-refractivity contribution < 1.29 is 22.6 Å². The maximum absolute atomic E-state index is 11.9. The van der Waals surface area contributed by atoms with Crippen LogP contribution in [0.15, 0.2) is 41.6 Å². The summed E-state index contributed by atoms with van der Waals surface area (Å²) in [5.41, 5.74) is 2.35. The molecule has 1 aliphatic heterocycles. The van der Waals surface area contributed by atoms with Crippen molar-refractivity contribution in [2.45, 2.75) is 11.4 Å². The molecule has 32 heavy (non-hydrogen) atoms. The first-order valence-electron chi connectivity index (χ1n) is 9.99. The fraction of sp³-hybridized carbons (Fsp3) is 0.333. The van der Waals surface area contributed by atoms with Crippen LogP contribution in [-0.4, -0.2) is 58.9 Å². The molecule has 1 fully saturated rings. The van der Waals surface area contributed by atoms with Crippen molar-refractivity contribution in [1.82, 2.24) is 9.97 Å². The lowest BCUT2D eigenvalue weighted by molar-refractivity contribution is 0.122. The second-order valence-electron chi connectivity index (χ2n) is 7.23. The number of primary sulfonamides is 1. The molecule has 0 spiro atoms. The lowest BCUT2D eigenvalue weighted by Crippen LogP contribution is -2.37. The molecule has 10 nitrogen and oxygen atoms in total. The van der Waals surface area contributed by atoms with E-state index in [0.29, 0.717) is 61.1 Å². The van der Waals surface area contributed by atoms with Gasteiger partial charge in [0.1, 0.15) is 23.6 Å². The number of fused-ring (bicyclic) bond motifs is 1. The summed E-state index contributed by atoms with van der Waals surface area (Å²) in [4.78, 5) is 10.9. The van der Waals surface area contributed by atoms with Crippen molar-refractivity contribution in [2.75, 3.05) is 50.7 Å². The molecular formula is C21H25N5O5S. The van der Waals surface area contributed by atoms with Gasteiger partial charge in [-0.1, -0.05) is 0 Å². The Balaban J connectivity index is 1.72. The topological polar surface area (TPSA) is 129 Å². The summed E-state index contributed by atoms with van der Waals surface area (Å²) in [6.07, 6.45) is 1.45. The Kier molecular flexibility index (Phi) is 6.31. The molecule has 170 valence electrons. The van der Waals surface area contributed by atoms with Gasteiger partial charge in [-0.3, -0.25) is 0 Å². The Labute approximate surface area is 186 Å². The lowest BCUT2D eigenvalue weighted by atomic mass is 10.1. The highest BCUT2D eigenvalue weighted by atomic mass is 32.2. The van der Waals surface area contributed by atoms with E-state index in [1.165, 1.54) is 12.4 Å². The van der Waals surface area contributed by atoms with E-state index in [9.17, 15) is 8.42 Å². The number of ether oxygens (including phenoxy) is 3. The summed E-state index contributed by atoms with van der Waals surface area (Å²) in [5.74, 6) is 1.74. The Morgan fingerprint density at radius 2 is 1.91 bits per heavy atom. The number of morpholine rings is 1. The van der Waals surface area contributed by atoms with Gasteiger partial charge in [0, 0.05) is 37.5 Å². The van der Waals surface area contributed by atoms with Gasteiger partial charge in [0.25, 0.3) is 0 Å². The molecule has 1 aromatic heterocycles. The molecule has 0 radical (unpaired) electrons. The molecule has 0 unspecified atom stereocenters. The Morgan fingerprint density at radius 3 is 2.59 bits per heavy atom. The first kappa shape index (κ1) is 22.1. The van der Waals surface area contributed by atoms with Crippen LogP contribution < -0.4 is 24.8 Å². The average Bonchev–Trinajstić information content (AvgIpc) is 2.81. The fourth-order valence-electron chi connectivity index (χ4n) is 3.71. The standard InChI is InChI=1S/C21H25N5O5S/c1-29-15-10-17-20(19(11-15)30-2)21(25-13-24-17)23-12-14-9-16(32(22,27)28)3-4-18(14)26-5-7-31-8-6-26/h3-4,9-11,13H,5-8,12H2,1-2H3,(H2,22,27,28)(H,23,24,25). The van der Waals surface area contributed by atoms with Crippen molar-refractivity contribution >= 4 is 32.4 Å². The normalized spacial score (nSPS) is 14.4. The smallest absolute Gasteiger partial charge is 0.238 e. The summed E-state index contributed by atoms with van der Waals surface area (Å²) in [5, 5.41) is 9.38. The monoisotopic (exact) mass is 459 g/mol. The molecule has 0 saturated carbocycles. The van der Waals surface area contributed by atoms with Crippen molar-refractivity contribution in [3.63, 3.8) is 0 Å². The number of methoxy groups -OCH3 is 2. The summed E-state index contributed by atoms with van der Waals surface area (Å²) < 4.78 is 40.2. The number of hydrogen-bond acceptors (Lipinski definition) is 9. The minimum atomic E-state index is -3.84. The predicted octanol–water partition coefficient (Wildman–Crippen LogP) is 1.74. The van der Waals surface area contributed by atoms with E-state index >= 15 is 0 Å². The molecule has 4 rings (SSSR count).